The maximum atomic E-state index is 13.3. The molecule has 7 nitrogen and oxygen atoms in total. The van der Waals surface area contributed by atoms with Crippen LogP contribution in [0.15, 0.2) is 40.1 Å². The van der Waals surface area contributed by atoms with Crippen molar-refractivity contribution >= 4 is 16.9 Å². The van der Waals surface area contributed by atoms with Gasteiger partial charge in [-0.25, -0.2) is 4.79 Å². The van der Waals surface area contributed by atoms with Crippen molar-refractivity contribution in [3.05, 3.63) is 68.1 Å². The van der Waals surface area contributed by atoms with Crippen LogP contribution >= 0.6 is 0 Å². The Morgan fingerprint density at radius 1 is 0.967 bits per heavy atom. The summed E-state index contributed by atoms with van der Waals surface area (Å²) in [5.41, 5.74) is 3.36. The SMILES string of the molecule is CCCCCCn1c(C)cn2c3c(=O)n(Cc4ccc(C)cc4)c(=O)n(C)c3nc12. The van der Waals surface area contributed by atoms with Crippen LogP contribution in [0.3, 0.4) is 0 Å². The number of unbranched alkanes of at least 4 members (excludes halogenated alkanes) is 3. The summed E-state index contributed by atoms with van der Waals surface area (Å²) in [5, 5.41) is 0. The number of imidazole rings is 2. The van der Waals surface area contributed by atoms with Gasteiger partial charge in [0, 0.05) is 25.5 Å². The van der Waals surface area contributed by atoms with Crippen LogP contribution in [0.25, 0.3) is 16.9 Å². The van der Waals surface area contributed by atoms with Crippen LogP contribution in [-0.4, -0.2) is 23.1 Å². The van der Waals surface area contributed by atoms with Crippen LogP contribution < -0.4 is 11.2 Å². The van der Waals surface area contributed by atoms with Crippen LogP contribution in [0, 0.1) is 13.8 Å². The van der Waals surface area contributed by atoms with E-state index in [9.17, 15) is 9.59 Å². The van der Waals surface area contributed by atoms with Crippen molar-refractivity contribution in [3.8, 4) is 0 Å². The Morgan fingerprint density at radius 3 is 2.40 bits per heavy atom. The van der Waals surface area contributed by atoms with Crippen molar-refractivity contribution in [3.63, 3.8) is 0 Å². The first-order valence-electron chi connectivity index (χ1n) is 10.7. The first kappa shape index (κ1) is 20.2. The fraction of sp³-hybridized carbons (Fsp3) is 0.435. The topological polar surface area (TPSA) is 66.2 Å². The molecule has 30 heavy (non-hydrogen) atoms. The molecule has 0 bridgehead atoms. The molecule has 0 aliphatic heterocycles. The number of benzene rings is 1. The van der Waals surface area contributed by atoms with Gasteiger partial charge in [0.05, 0.1) is 6.54 Å². The highest BCUT2D eigenvalue weighted by Gasteiger charge is 2.20. The monoisotopic (exact) mass is 407 g/mol. The van der Waals surface area contributed by atoms with E-state index in [0.717, 1.165) is 35.6 Å². The molecule has 0 aliphatic carbocycles. The summed E-state index contributed by atoms with van der Waals surface area (Å²) in [6, 6.07) is 7.88. The van der Waals surface area contributed by atoms with Gasteiger partial charge in [0.15, 0.2) is 11.2 Å². The van der Waals surface area contributed by atoms with E-state index in [4.69, 9.17) is 4.98 Å². The average molecular weight is 408 g/mol. The lowest BCUT2D eigenvalue weighted by atomic mass is 10.1. The Hall–Kier alpha value is -3.09. The molecule has 0 saturated heterocycles. The summed E-state index contributed by atoms with van der Waals surface area (Å²) in [7, 11) is 1.68. The number of hydrogen-bond donors (Lipinski definition) is 0. The number of nitrogens with zero attached hydrogens (tertiary/aromatic N) is 5. The molecular weight excluding hydrogens is 378 g/mol. The second-order valence-electron chi connectivity index (χ2n) is 8.16. The highest BCUT2D eigenvalue weighted by molar-refractivity contribution is 5.75. The second kappa shape index (κ2) is 7.97. The van der Waals surface area contributed by atoms with Crippen LogP contribution in [0.4, 0.5) is 0 Å². The molecule has 3 heterocycles. The largest absolute Gasteiger partial charge is 0.332 e. The van der Waals surface area contributed by atoms with Gasteiger partial charge >= 0.3 is 5.69 Å². The Morgan fingerprint density at radius 2 is 1.70 bits per heavy atom. The summed E-state index contributed by atoms with van der Waals surface area (Å²) in [4.78, 5) is 31.0. The van der Waals surface area contributed by atoms with Crippen molar-refractivity contribution in [1.82, 2.24) is 23.1 Å². The van der Waals surface area contributed by atoms with E-state index in [0.29, 0.717) is 11.2 Å². The van der Waals surface area contributed by atoms with Gasteiger partial charge in [-0.2, -0.15) is 4.98 Å². The van der Waals surface area contributed by atoms with E-state index in [-0.39, 0.29) is 17.8 Å². The molecule has 4 aromatic rings. The lowest BCUT2D eigenvalue weighted by molar-refractivity contribution is 0.583. The molecular formula is C23H29N5O2. The predicted molar refractivity (Wildman–Crippen MR) is 119 cm³/mol. The minimum atomic E-state index is -0.347. The smallest absolute Gasteiger partial charge is 0.314 e. The first-order valence-corrected chi connectivity index (χ1v) is 10.7. The molecule has 0 fully saturated rings. The van der Waals surface area contributed by atoms with Crippen LogP contribution in [0.5, 0.6) is 0 Å². The van der Waals surface area contributed by atoms with Gasteiger partial charge in [-0.1, -0.05) is 56.0 Å². The zero-order valence-electron chi connectivity index (χ0n) is 18.2. The standard InChI is InChI=1S/C23H29N5O2/c1-5-6-7-8-13-26-17(3)14-27-19-20(24-22(26)27)25(4)23(30)28(21(19)29)15-18-11-9-16(2)10-12-18/h9-12,14H,5-8,13,15H2,1-4H3. The molecule has 0 N–H and O–H groups in total. The third kappa shape index (κ3) is 3.38. The van der Waals surface area contributed by atoms with Gasteiger partial charge in [-0.3, -0.25) is 18.3 Å². The van der Waals surface area contributed by atoms with Crippen molar-refractivity contribution in [2.45, 2.75) is 59.5 Å². The van der Waals surface area contributed by atoms with Gasteiger partial charge in [0.1, 0.15) is 0 Å². The van der Waals surface area contributed by atoms with Crippen molar-refractivity contribution in [2.24, 2.45) is 7.05 Å². The molecule has 0 saturated carbocycles. The number of aromatic nitrogens is 5. The lowest BCUT2D eigenvalue weighted by Crippen LogP contribution is -2.39. The molecule has 0 unspecified atom stereocenters. The summed E-state index contributed by atoms with van der Waals surface area (Å²) in [6.07, 6.45) is 6.59. The molecule has 0 spiro atoms. The summed E-state index contributed by atoms with van der Waals surface area (Å²) >= 11 is 0. The summed E-state index contributed by atoms with van der Waals surface area (Å²) in [5.74, 6) is 0.721. The molecule has 4 rings (SSSR count). The summed E-state index contributed by atoms with van der Waals surface area (Å²) in [6.45, 7) is 7.35. The Labute approximate surface area is 175 Å². The number of rotatable bonds is 7. The predicted octanol–water partition coefficient (Wildman–Crippen LogP) is 3.39. The van der Waals surface area contributed by atoms with E-state index < -0.39 is 0 Å². The molecule has 0 atom stereocenters. The van der Waals surface area contributed by atoms with Crippen molar-refractivity contribution in [2.75, 3.05) is 0 Å². The van der Waals surface area contributed by atoms with Gasteiger partial charge in [0.25, 0.3) is 5.56 Å². The zero-order chi connectivity index (χ0) is 21.4. The number of fused-ring (bicyclic) bond motifs is 3. The second-order valence-corrected chi connectivity index (χ2v) is 8.16. The fourth-order valence-electron chi connectivity index (χ4n) is 4.04. The van der Waals surface area contributed by atoms with Crippen molar-refractivity contribution < 1.29 is 0 Å². The normalized spacial score (nSPS) is 11.7. The molecule has 0 amide bonds. The Balaban J connectivity index is 1.84. The molecule has 158 valence electrons. The quantitative estimate of drug-likeness (QED) is 0.441. The van der Waals surface area contributed by atoms with E-state index in [1.165, 1.54) is 28.4 Å². The molecule has 3 aromatic heterocycles. The molecule has 0 radical (unpaired) electrons. The minimum absolute atomic E-state index is 0.242. The Bertz CT molecular complexity index is 1320. The highest BCUT2D eigenvalue weighted by atomic mass is 16.2. The minimum Gasteiger partial charge on any atom is -0.314 e. The van der Waals surface area contributed by atoms with E-state index in [1.807, 2.05) is 48.7 Å². The van der Waals surface area contributed by atoms with Crippen LogP contribution in [0.1, 0.15) is 49.4 Å². The van der Waals surface area contributed by atoms with E-state index >= 15 is 0 Å². The van der Waals surface area contributed by atoms with Crippen LogP contribution in [-0.2, 0) is 20.1 Å². The van der Waals surface area contributed by atoms with Crippen LogP contribution in [0.2, 0.25) is 0 Å². The lowest BCUT2D eigenvalue weighted by Gasteiger charge is -2.08. The first-order chi connectivity index (χ1) is 14.4. The van der Waals surface area contributed by atoms with E-state index in [2.05, 4.69) is 11.5 Å². The average Bonchev–Trinajstić information content (AvgIpc) is 3.24. The van der Waals surface area contributed by atoms with Gasteiger partial charge in [0.2, 0.25) is 5.78 Å². The molecule has 7 heteroatoms. The third-order valence-corrected chi connectivity index (χ3v) is 5.84. The van der Waals surface area contributed by atoms with Gasteiger partial charge < -0.3 is 4.57 Å². The fourth-order valence-corrected chi connectivity index (χ4v) is 4.04. The van der Waals surface area contributed by atoms with Gasteiger partial charge in [-0.05, 0) is 25.8 Å². The molecule has 0 aliphatic rings. The maximum absolute atomic E-state index is 13.3. The highest BCUT2D eigenvalue weighted by Crippen LogP contribution is 2.17. The Kier molecular flexibility index (Phi) is 5.37. The summed E-state index contributed by atoms with van der Waals surface area (Å²) < 4.78 is 6.77. The van der Waals surface area contributed by atoms with E-state index in [1.54, 1.807) is 7.05 Å². The number of aryl methyl sites for hydroxylation is 4. The van der Waals surface area contributed by atoms with Crippen molar-refractivity contribution in [1.29, 1.82) is 0 Å². The van der Waals surface area contributed by atoms with Gasteiger partial charge in [-0.15, -0.1) is 0 Å². The maximum Gasteiger partial charge on any atom is 0.332 e. The number of hydrogen-bond acceptors (Lipinski definition) is 3. The third-order valence-electron chi connectivity index (χ3n) is 5.84. The zero-order valence-corrected chi connectivity index (χ0v) is 18.2. The molecule has 1 aromatic carbocycles.